The Bertz CT molecular complexity index is 617. The number of hydrogen-bond donors (Lipinski definition) is 0. The van der Waals surface area contributed by atoms with Crippen molar-refractivity contribution in [1.82, 2.24) is 0 Å². The van der Waals surface area contributed by atoms with Crippen LogP contribution in [0.3, 0.4) is 0 Å². The molecule has 0 bridgehead atoms. The average molecular weight is 370 g/mol. The predicted molar refractivity (Wildman–Crippen MR) is 71.9 cm³/mol. The van der Waals surface area contributed by atoms with Crippen molar-refractivity contribution >= 4 is 44.7 Å². The zero-order valence-electron chi connectivity index (χ0n) is 9.09. The minimum Gasteiger partial charge on any atom is -0.288 e. The van der Waals surface area contributed by atoms with E-state index in [0.717, 1.165) is 23.5 Å². The maximum atomic E-state index is 12.6. The number of carbonyl (C=O) groups is 1. The van der Waals surface area contributed by atoms with Crippen molar-refractivity contribution in [2.24, 2.45) is 0 Å². The van der Waals surface area contributed by atoms with Crippen LogP contribution in [-0.4, -0.2) is 5.78 Å². The van der Waals surface area contributed by atoms with E-state index in [0.29, 0.717) is 8.81 Å². The summed E-state index contributed by atoms with van der Waals surface area (Å²) in [6, 6.07) is 5.81. The first-order chi connectivity index (χ1) is 8.79. The third-order valence-electron chi connectivity index (χ3n) is 2.32. The van der Waals surface area contributed by atoms with Crippen molar-refractivity contribution in [3.8, 4) is 0 Å². The van der Waals surface area contributed by atoms with Crippen molar-refractivity contribution in [1.29, 1.82) is 0 Å². The van der Waals surface area contributed by atoms with Crippen molar-refractivity contribution in [2.45, 2.75) is 6.18 Å². The van der Waals surface area contributed by atoms with Crippen molar-refractivity contribution in [2.75, 3.05) is 0 Å². The van der Waals surface area contributed by atoms with E-state index < -0.39 is 17.5 Å². The van der Waals surface area contributed by atoms with Crippen molar-refractivity contribution < 1.29 is 18.0 Å². The highest BCUT2D eigenvalue weighted by Crippen LogP contribution is 2.34. The lowest BCUT2D eigenvalue weighted by molar-refractivity contribution is -0.137. The Labute approximate surface area is 124 Å². The van der Waals surface area contributed by atoms with Crippen LogP contribution in [0, 0.1) is 0 Å². The monoisotopic (exact) mass is 368 g/mol. The summed E-state index contributed by atoms with van der Waals surface area (Å²) in [5.74, 6) is -0.483. The van der Waals surface area contributed by atoms with Gasteiger partial charge in [0, 0.05) is 10.0 Å². The molecule has 0 saturated heterocycles. The number of rotatable bonds is 2. The number of halogens is 5. The summed E-state index contributed by atoms with van der Waals surface area (Å²) in [5, 5.41) is 0. The number of benzene rings is 1. The summed E-state index contributed by atoms with van der Waals surface area (Å²) in [6.45, 7) is 0. The van der Waals surface area contributed by atoms with Crippen LogP contribution in [0.15, 0.2) is 34.8 Å². The first-order valence-corrected chi connectivity index (χ1v) is 6.94. The highest BCUT2D eigenvalue weighted by Gasteiger charge is 2.31. The van der Waals surface area contributed by atoms with Gasteiger partial charge in [-0.3, -0.25) is 4.79 Å². The fraction of sp³-hybridized carbons (Fsp3) is 0.0833. The van der Waals surface area contributed by atoms with Gasteiger partial charge in [-0.25, -0.2) is 0 Å². The van der Waals surface area contributed by atoms with E-state index >= 15 is 0 Å². The van der Waals surface area contributed by atoms with Gasteiger partial charge >= 0.3 is 6.18 Å². The molecule has 0 aliphatic rings. The first kappa shape index (κ1) is 14.6. The summed E-state index contributed by atoms with van der Waals surface area (Å²) in [6.07, 6.45) is -4.47. The number of ketones is 1. The molecule has 0 fully saturated rings. The van der Waals surface area contributed by atoms with Crippen LogP contribution in [0.5, 0.6) is 0 Å². The Morgan fingerprint density at radius 2 is 1.95 bits per heavy atom. The van der Waals surface area contributed by atoms with Gasteiger partial charge in [0.05, 0.1) is 10.4 Å². The molecule has 0 saturated carbocycles. The van der Waals surface area contributed by atoms with E-state index in [4.69, 9.17) is 11.6 Å². The molecule has 1 nitrogen and oxygen atoms in total. The van der Waals surface area contributed by atoms with Gasteiger partial charge in [-0.15, -0.1) is 11.3 Å². The van der Waals surface area contributed by atoms with Crippen LogP contribution in [-0.2, 0) is 6.18 Å². The van der Waals surface area contributed by atoms with E-state index in [-0.39, 0.29) is 10.4 Å². The summed E-state index contributed by atoms with van der Waals surface area (Å²) in [4.78, 5) is 12.3. The van der Waals surface area contributed by atoms with Gasteiger partial charge in [0.2, 0.25) is 5.78 Å². The van der Waals surface area contributed by atoms with Crippen LogP contribution < -0.4 is 0 Å². The van der Waals surface area contributed by atoms with E-state index in [2.05, 4.69) is 15.9 Å². The van der Waals surface area contributed by atoms with E-state index in [1.54, 1.807) is 0 Å². The maximum Gasteiger partial charge on any atom is 0.416 e. The second kappa shape index (κ2) is 5.26. The molecule has 0 radical (unpaired) electrons. The molecule has 7 heteroatoms. The van der Waals surface area contributed by atoms with Crippen LogP contribution in [0.1, 0.15) is 20.8 Å². The lowest BCUT2D eigenvalue weighted by Gasteiger charge is -2.07. The SMILES string of the molecule is O=C(c1cccc(C(F)(F)F)c1)c1cc(Br)c(Cl)s1. The van der Waals surface area contributed by atoms with Gasteiger partial charge < -0.3 is 0 Å². The van der Waals surface area contributed by atoms with Gasteiger partial charge in [-0.2, -0.15) is 13.2 Å². The van der Waals surface area contributed by atoms with Gasteiger partial charge in [-0.1, -0.05) is 23.7 Å². The smallest absolute Gasteiger partial charge is 0.288 e. The zero-order chi connectivity index (χ0) is 14.2. The molecule has 0 spiro atoms. The Morgan fingerprint density at radius 3 is 2.47 bits per heavy atom. The third kappa shape index (κ3) is 3.19. The largest absolute Gasteiger partial charge is 0.416 e. The molecule has 19 heavy (non-hydrogen) atoms. The molecule has 1 aromatic carbocycles. The fourth-order valence-electron chi connectivity index (χ4n) is 1.44. The Hall–Kier alpha value is -0.850. The third-order valence-corrected chi connectivity index (χ3v) is 4.79. The molecule has 0 atom stereocenters. The molecule has 1 heterocycles. The van der Waals surface area contributed by atoms with E-state index in [1.165, 1.54) is 18.2 Å². The van der Waals surface area contributed by atoms with Gasteiger partial charge in [0.25, 0.3) is 0 Å². The highest BCUT2D eigenvalue weighted by atomic mass is 79.9. The minimum atomic E-state index is -4.47. The van der Waals surface area contributed by atoms with Gasteiger partial charge in [0.1, 0.15) is 4.34 Å². The number of hydrogen-bond acceptors (Lipinski definition) is 2. The molecule has 0 N–H and O–H groups in total. The Morgan fingerprint density at radius 1 is 1.26 bits per heavy atom. The molecule has 0 aliphatic heterocycles. The maximum absolute atomic E-state index is 12.6. The van der Waals surface area contributed by atoms with Crippen LogP contribution >= 0.6 is 38.9 Å². The highest BCUT2D eigenvalue weighted by molar-refractivity contribution is 9.10. The average Bonchev–Trinajstić information content (AvgIpc) is 2.68. The summed E-state index contributed by atoms with van der Waals surface area (Å²) in [7, 11) is 0. The molecular weight excluding hydrogens is 365 g/mol. The fourth-order valence-corrected chi connectivity index (χ4v) is 3.10. The Balaban J connectivity index is 2.39. The second-order valence-corrected chi connectivity index (χ2v) is 6.15. The number of thiophene rings is 1. The van der Waals surface area contributed by atoms with E-state index in [9.17, 15) is 18.0 Å². The molecule has 0 amide bonds. The lowest BCUT2D eigenvalue weighted by atomic mass is 10.1. The lowest BCUT2D eigenvalue weighted by Crippen LogP contribution is -2.07. The van der Waals surface area contributed by atoms with Crippen molar-refractivity contribution in [3.05, 3.63) is 55.1 Å². The van der Waals surface area contributed by atoms with Crippen LogP contribution in [0.2, 0.25) is 4.34 Å². The molecular formula is C12H5BrClF3OS. The topological polar surface area (TPSA) is 17.1 Å². The first-order valence-electron chi connectivity index (χ1n) is 4.96. The molecule has 2 aromatic rings. The minimum absolute atomic E-state index is 0.0137. The molecule has 1 aromatic heterocycles. The second-order valence-electron chi connectivity index (χ2n) is 3.64. The normalized spacial score (nSPS) is 11.6. The van der Waals surface area contributed by atoms with Crippen LogP contribution in [0.25, 0.3) is 0 Å². The summed E-state index contributed by atoms with van der Waals surface area (Å²) < 4.78 is 38.6. The predicted octanol–water partition coefficient (Wildman–Crippen LogP) is 5.41. The molecule has 2 rings (SSSR count). The molecule has 100 valence electrons. The number of carbonyl (C=O) groups excluding carboxylic acids is 1. The molecule has 0 aliphatic carbocycles. The van der Waals surface area contributed by atoms with Gasteiger partial charge in [0.15, 0.2) is 0 Å². The zero-order valence-corrected chi connectivity index (χ0v) is 12.3. The van der Waals surface area contributed by atoms with Crippen molar-refractivity contribution in [3.63, 3.8) is 0 Å². The Kier molecular flexibility index (Phi) is 4.03. The van der Waals surface area contributed by atoms with E-state index in [1.807, 2.05) is 0 Å². The quantitative estimate of drug-likeness (QED) is 0.647. The number of alkyl halides is 3. The summed E-state index contributed by atoms with van der Waals surface area (Å²) >= 11 is 9.97. The van der Waals surface area contributed by atoms with Crippen LogP contribution in [0.4, 0.5) is 13.2 Å². The standard InChI is InChI=1S/C12H5BrClF3OS/c13-8-5-9(19-11(8)14)10(18)6-2-1-3-7(4-6)12(15,16)17/h1-5H. The summed E-state index contributed by atoms with van der Waals surface area (Å²) in [5.41, 5.74) is -0.861. The molecule has 0 unspecified atom stereocenters. The van der Waals surface area contributed by atoms with Gasteiger partial charge in [-0.05, 0) is 34.1 Å².